The van der Waals surface area contributed by atoms with Crippen LogP contribution in [0.25, 0.3) is 0 Å². The number of benzene rings is 2. The maximum Gasteiger partial charge on any atom is 0.218 e. The maximum atomic E-state index is 13.1. The largest absolute Gasteiger partial charge is 0.382 e. The Balaban J connectivity index is 1.64. The Hall–Kier alpha value is -2.36. The number of hydrogen-bond acceptors (Lipinski definition) is 4. The van der Waals surface area contributed by atoms with E-state index in [2.05, 4.69) is 11.4 Å². The standard InChI is InChI=1S/C25H33N3O2S/c1-20(2)17-28(31(29,30)19-23-6-4-3-5-7-23)18-22-10-14-25(15-11-22)27-24-12-8-21(16-26)9-13-24/h3-7,10-11,14-15,20-21,24,27H,8-9,12-13,17-19H2,1-2H3. The zero-order valence-electron chi connectivity index (χ0n) is 18.5. The van der Waals surface area contributed by atoms with Crippen LogP contribution in [0.15, 0.2) is 54.6 Å². The monoisotopic (exact) mass is 439 g/mol. The first-order valence-electron chi connectivity index (χ1n) is 11.1. The van der Waals surface area contributed by atoms with Crippen molar-refractivity contribution in [2.24, 2.45) is 11.8 Å². The van der Waals surface area contributed by atoms with Crippen LogP contribution in [0, 0.1) is 23.2 Å². The molecule has 1 aliphatic rings. The Morgan fingerprint density at radius 2 is 1.65 bits per heavy atom. The molecule has 1 N–H and O–H groups in total. The van der Waals surface area contributed by atoms with E-state index in [4.69, 9.17) is 5.26 Å². The van der Waals surface area contributed by atoms with Crippen LogP contribution in [0.5, 0.6) is 0 Å². The Labute approximate surface area is 187 Å². The van der Waals surface area contributed by atoms with E-state index in [1.165, 1.54) is 0 Å². The van der Waals surface area contributed by atoms with Crippen LogP contribution in [-0.2, 0) is 22.3 Å². The third kappa shape index (κ3) is 7.09. The number of anilines is 1. The first kappa shape index (κ1) is 23.3. The zero-order valence-corrected chi connectivity index (χ0v) is 19.3. The maximum absolute atomic E-state index is 13.1. The lowest BCUT2D eigenvalue weighted by molar-refractivity contribution is 0.361. The average molecular weight is 440 g/mol. The molecule has 0 radical (unpaired) electrons. The van der Waals surface area contributed by atoms with Crippen molar-refractivity contribution in [1.29, 1.82) is 5.26 Å². The lowest BCUT2D eigenvalue weighted by Crippen LogP contribution is -2.34. The van der Waals surface area contributed by atoms with Gasteiger partial charge >= 0.3 is 0 Å². The number of hydrogen-bond donors (Lipinski definition) is 1. The van der Waals surface area contributed by atoms with Crippen LogP contribution in [0.4, 0.5) is 5.69 Å². The highest BCUT2D eigenvalue weighted by Gasteiger charge is 2.24. The molecule has 0 bridgehead atoms. The summed E-state index contributed by atoms with van der Waals surface area (Å²) in [6.45, 7) is 4.95. The molecule has 2 aromatic carbocycles. The normalized spacial score (nSPS) is 19.3. The SMILES string of the molecule is CC(C)CN(Cc1ccc(NC2CCC(C#N)CC2)cc1)S(=O)(=O)Cc1ccccc1. The fraction of sp³-hybridized carbons (Fsp3) is 0.480. The van der Waals surface area contributed by atoms with Gasteiger partial charge in [-0.2, -0.15) is 9.57 Å². The van der Waals surface area contributed by atoms with Crippen molar-refractivity contribution in [2.45, 2.75) is 57.9 Å². The summed E-state index contributed by atoms with van der Waals surface area (Å²) in [5.41, 5.74) is 2.84. The predicted molar refractivity (Wildman–Crippen MR) is 126 cm³/mol. The van der Waals surface area contributed by atoms with Gasteiger partial charge in [-0.05, 0) is 54.9 Å². The number of sulfonamides is 1. The fourth-order valence-electron chi connectivity index (χ4n) is 4.07. The van der Waals surface area contributed by atoms with Gasteiger partial charge in [-0.15, -0.1) is 0 Å². The van der Waals surface area contributed by atoms with Crippen molar-refractivity contribution in [3.8, 4) is 6.07 Å². The second-order valence-electron chi connectivity index (χ2n) is 8.95. The highest BCUT2D eigenvalue weighted by molar-refractivity contribution is 7.88. The number of nitrogens with zero attached hydrogens (tertiary/aromatic N) is 2. The predicted octanol–water partition coefficient (Wildman–Crippen LogP) is 5.17. The Morgan fingerprint density at radius 1 is 1.00 bits per heavy atom. The first-order chi connectivity index (χ1) is 14.9. The van der Waals surface area contributed by atoms with Gasteiger partial charge < -0.3 is 5.32 Å². The molecule has 31 heavy (non-hydrogen) atoms. The molecule has 1 aliphatic carbocycles. The fourth-order valence-corrected chi connectivity index (χ4v) is 5.74. The molecule has 0 heterocycles. The van der Waals surface area contributed by atoms with E-state index in [1.807, 2.05) is 68.4 Å². The lowest BCUT2D eigenvalue weighted by Gasteiger charge is -2.27. The summed E-state index contributed by atoms with van der Waals surface area (Å²) in [5, 5.41) is 12.6. The van der Waals surface area contributed by atoms with Crippen molar-refractivity contribution < 1.29 is 8.42 Å². The summed E-state index contributed by atoms with van der Waals surface area (Å²) in [6.07, 6.45) is 3.94. The van der Waals surface area contributed by atoms with Gasteiger partial charge in [0.25, 0.3) is 0 Å². The van der Waals surface area contributed by atoms with Gasteiger partial charge in [-0.1, -0.05) is 56.3 Å². The second-order valence-corrected chi connectivity index (χ2v) is 10.9. The highest BCUT2D eigenvalue weighted by atomic mass is 32.2. The molecule has 2 aromatic rings. The first-order valence-corrected chi connectivity index (χ1v) is 12.7. The minimum atomic E-state index is -3.42. The molecule has 5 nitrogen and oxygen atoms in total. The molecule has 1 saturated carbocycles. The van der Waals surface area contributed by atoms with Gasteiger partial charge in [0.05, 0.1) is 11.8 Å². The van der Waals surface area contributed by atoms with Gasteiger partial charge in [0.15, 0.2) is 0 Å². The summed E-state index contributed by atoms with van der Waals surface area (Å²) in [5.74, 6) is 0.464. The summed E-state index contributed by atoms with van der Waals surface area (Å²) >= 11 is 0. The number of nitrogens with one attached hydrogen (secondary N) is 1. The van der Waals surface area contributed by atoms with Crippen molar-refractivity contribution >= 4 is 15.7 Å². The summed E-state index contributed by atoms with van der Waals surface area (Å²) in [7, 11) is -3.42. The van der Waals surface area contributed by atoms with Gasteiger partial charge in [-0.3, -0.25) is 0 Å². The van der Waals surface area contributed by atoms with E-state index in [0.29, 0.717) is 19.1 Å². The molecule has 0 atom stereocenters. The Morgan fingerprint density at radius 3 is 2.23 bits per heavy atom. The smallest absolute Gasteiger partial charge is 0.218 e. The van der Waals surface area contributed by atoms with E-state index in [0.717, 1.165) is 42.5 Å². The second kappa shape index (κ2) is 10.8. The minimum absolute atomic E-state index is 0.0194. The number of nitriles is 1. The molecule has 0 spiro atoms. The zero-order chi connectivity index (χ0) is 22.3. The molecule has 0 aromatic heterocycles. The van der Waals surface area contributed by atoms with Crippen LogP contribution in [0.3, 0.4) is 0 Å². The van der Waals surface area contributed by atoms with E-state index in [9.17, 15) is 8.42 Å². The molecule has 6 heteroatoms. The van der Waals surface area contributed by atoms with Gasteiger partial charge in [0, 0.05) is 30.7 Å². The van der Waals surface area contributed by atoms with Crippen molar-refractivity contribution in [3.05, 3.63) is 65.7 Å². The third-order valence-electron chi connectivity index (χ3n) is 5.75. The molecule has 0 amide bonds. The molecule has 3 rings (SSSR count). The van der Waals surface area contributed by atoms with Crippen molar-refractivity contribution in [2.75, 3.05) is 11.9 Å². The van der Waals surface area contributed by atoms with Gasteiger partial charge in [0.2, 0.25) is 10.0 Å². The van der Waals surface area contributed by atoms with Crippen LogP contribution in [-0.4, -0.2) is 25.3 Å². The summed E-state index contributed by atoms with van der Waals surface area (Å²) < 4.78 is 27.8. The van der Waals surface area contributed by atoms with Gasteiger partial charge in [-0.25, -0.2) is 8.42 Å². The topological polar surface area (TPSA) is 73.2 Å². The molecule has 0 unspecified atom stereocenters. The van der Waals surface area contributed by atoms with Crippen LogP contribution in [0.1, 0.15) is 50.7 Å². The molecule has 166 valence electrons. The Bertz CT molecular complexity index is 958. The van der Waals surface area contributed by atoms with E-state index < -0.39 is 10.0 Å². The highest BCUT2D eigenvalue weighted by Crippen LogP contribution is 2.26. The molecule has 0 saturated heterocycles. The minimum Gasteiger partial charge on any atom is -0.382 e. The lowest BCUT2D eigenvalue weighted by atomic mass is 9.87. The molecule has 1 fully saturated rings. The number of rotatable bonds is 9. The Kier molecular flexibility index (Phi) is 8.11. The van der Waals surface area contributed by atoms with E-state index >= 15 is 0 Å². The van der Waals surface area contributed by atoms with E-state index in [-0.39, 0.29) is 17.6 Å². The average Bonchev–Trinajstić information content (AvgIpc) is 2.75. The third-order valence-corrected chi connectivity index (χ3v) is 7.51. The van der Waals surface area contributed by atoms with Crippen LogP contribution >= 0.6 is 0 Å². The van der Waals surface area contributed by atoms with Crippen molar-refractivity contribution in [3.63, 3.8) is 0 Å². The van der Waals surface area contributed by atoms with Crippen LogP contribution < -0.4 is 5.32 Å². The van der Waals surface area contributed by atoms with Crippen LogP contribution in [0.2, 0.25) is 0 Å². The van der Waals surface area contributed by atoms with E-state index in [1.54, 1.807) is 4.31 Å². The summed E-state index contributed by atoms with van der Waals surface area (Å²) in [4.78, 5) is 0. The van der Waals surface area contributed by atoms with Crippen molar-refractivity contribution in [1.82, 2.24) is 4.31 Å². The molecular formula is C25H33N3O2S. The van der Waals surface area contributed by atoms with Gasteiger partial charge in [0.1, 0.15) is 0 Å². The summed E-state index contributed by atoms with van der Waals surface area (Å²) in [6, 6.07) is 20.2. The molecular weight excluding hydrogens is 406 g/mol. The molecule has 0 aliphatic heterocycles. The quantitative estimate of drug-likeness (QED) is 0.585.